The number of nitrogens with one attached hydrogen (secondary N) is 3. The molecule has 0 unspecified atom stereocenters. The van der Waals surface area contributed by atoms with Crippen LogP contribution in [0.1, 0.15) is 68.2 Å². The van der Waals surface area contributed by atoms with Crippen molar-refractivity contribution in [2.75, 3.05) is 26.2 Å². The SMILES string of the molecule is C[C@@H](NC(=O)OC(C)(C)C)C(=O)N1CC[C@@H](F)C1.C[C@@H](NC(=O)OC(C)(C)C)C(=O)O.Cl.F[C@@H]1CCNC1. The Bertz CT molecular complexity index is 757. The Labute approximate surface area is 230 Å². The van der Waals surface area contributed by atoms with Gasteiger partial charge < -0.3 is 35.4 Å². The number of ether oxygens (including phenoxy) is 2. The van der Waals surface area contributed by atoms with Crippen molar-refractivity contribution in [2.45, 2.75) is 104 Å². The van der Waals surface area contributed by atoms with Crippen LogP contribution >= 0.6 is 12.4 Å². The number of carbonyl (C=O) groups is 4. The smallest absolute Gasteiger partial charge is 0.408 e. The number of alkyl halides is 2. The van der Waals surface area contributed by atoms with Crippen LogP contribution in [0.4, 0.5) is 18.4 Å². The molecule has 0 bridgehead atoms. The molecule has 2 fully saturated rings. The van der Waals surface area contributed by atoms with E-state index in [9.17, 15) is 28.0 Å². The number of halogens is 3. The molecule has 2 aliphatic rings. The first-order valence-electron chi connectivity index (χ1n) is 12.3. The third kappa shape index (κ3) is 18.8. The second-order valence-corrected chi connectivity index (χ2v) is 10.8. The lowest BCUT2D eigenvalue weighted by molar-refractivity contribution is -0.139. The molecule has 3 amide bonds. The van der Waals surface area contributed by atoms with E-state index in [1.807, 2.05) is 0 Å². The third-order valence-electron chi connectivity index (χ3n) is 4.65. The van der Waals surface area contributed by atoms with Crippen LogP contribution in [0.5, 0.6) is 0 Å². The molecule has 0 aromatic carbocycles. The number of nitrogens with zero attached hydrogens (tertiary/aromatic N) is 1. The Kier molecular flexibility index (Phi) is 17.1. The molecule has 11 nitrogen and oxygen atoms in total. The summed E-state index contributed by atoms with van der Waals surface area (Å²) in [5.41, 5.74) is -1.22. The van der Waals surface area contributed by atoms with Crippen LogP contribution in [-0.2, 0) is 19.1 Å². The van der Waals surface area contributed by atoms with Crippen LogP contribution in [0, 0.1) is 0 Å². The van der Waals surface area contributed by atoms with E-state index in [2.05, 4.69) is 16.0 Å². The predicted octanol–water partition coefficient (Wildman–Crippen LogP) is 3.19. The molecule has 14 heteroatoms. The highest BCUT2D eigenvalue weighted by Crippen LogP contribution is 2.14. The van der Waals surface area contributed by atoms with Gasteiger partial charge in [-0.25, -0.2) is 18.4 Å². The summed E-state index contributed by atoms with van der Waals surface area (Å²) in [6.07, 6.45) is -1.81. The average molecular weight is 575 g/mol. The van der Waals surface area contributed by atoms with E-state index >= 15 is 0 Å². The van der Waals surface area contributed by atoms with Gasteiger partial charge in [0.25, 0.3) is 0 Å². The van der Waals surface area contributed by atoms with Gasteiger partial charge in [0.2, 0.25) is 5.91 Å². The maximum atomic E-state index is 13.0. The Morgan fingerprint density at radius 1 is 0.895 bits per heavy atom. The second-order valence-electron chi connectivity index (χ2n) is 10.8. The largest absolute Gasteiger partial charge is 0.480 e. The fourth-order valence-corrected chi connectivity index (χ4v) is 2.90. The van der Waals surface area contributed by atoms with Gasteiger partial charge in [0.05, 0.1) is 6.54 Å². The van der Waals surface area contributed by atoms with Crippen LogP contribution in [0.25, 0.3) is 0 Å². The Morgan fingerprint density at radius 2 is 1.37 bits per heavy atom. The van der Waals surface area contributed by atoms with Gasteiger partial charge in [-0.2, -0.15) is 0 Å². The lowest BCUT2D eigenvalue weighted by Gasteiger charge is -2.24. The first-order valence-corrected chi connectivity index (χ1v) is 12.3. The summed E-state index contributed by atoms with van der Waals surface area (Å²) >= 11 is 0. The molecule has 38 heavy (non-hydrogen) atoms. The fraction of sp³-hybridized carbons (Fsp3) is 0.833. The van der Waals surface area contributed by atoms with Crippen molar-refractivity contribution in [1.82, 2.24) is 20.9 Å². The highest BCUT2D eigenvalue weighted by molar-refractivity contribution is 5.86. The third-order valence-corrected chi connectivity index (χ3v) is 4.65. The molecule has 4 N–H and O–H groups in total. The molecule has 224 valence electrons. The van der Waals surface area contributed by atoms with Crippen LogP contribution in [-0.4, -0.2) is 95.9 Å². The van der Waals surface area contributed by atoms with E-state index in [0.29, 0.717) is 25.9 Å². The number of carboxylic acid groups (broad SMARTS) is 1. The summed E-state index contributed by atoms with van der Waals surface area (Å²) in [5, 5.41) is 16.0. The standard InChI is InChI=1S/C12H21FN2O3.C8H15NO4.C4H8FN.ClH/c1-8(14-11(17)18-12(2,3)4)10(16)15-6-5-9(13)7-15;1-5(6(10)11)9-7(12)13-8(2,3)4;5-4-1-2-6-3-4;/h8-9H,5-7H2,1-4H3,(H,14,17);5H,1-4H3,(H,9,12)(H,10,11);4,6H,1-3H2;1H/t8-,9-;5-;4-;/m111./s1. The molecule has 0 aromatic heterocycles. The van der Waals surface area contributed by atoms with E-state index < -0.39 is 53.8 Å². The molecule has 2 aliphatic heterocycles. The van der Waals surface area contributed by atoms with Crippen molar-refractivity contribution in [3.05, 3.63) is 0 Å². The number of likely N-dealkylation sites (tertiary alicyclic amines) is 1. The maximum Gasteiger partial charge on any atom is 0.408 e. The van der Waals surface area contributed by atoms with Crippen molar-refractivity contribution in [3.63, 3.8) is 0 Å². The number of amides is 3. The maximum absolute atomic E-state index is 13.0. The van der Waals surface area contributed by atoms with Crippen LogP contribution in [0.15, 0.2) is 0 Å². The fourth-order valence-electron chi connectivity index (χ4n) is 2.90. The summed E-state index contributed by atoms with van der Waals surface area (Å²) < 4.78 is 34.7. The van der Waals surface area contributed by atoms with Gasteiger partial charge >= 0.3 is 18.2 Å². The van der Waals surface area contributed by atoms with E-state index in [4.69, 9.17) is 14.6 Å². The van der Waals surface area contributed by atoms with Gasteiger partial charge in [0.1, 0.15) is 35.6 Å². The zero-order valence-corrected chi connectivity index (χ0v) is 24.4. The van der Waals surface area contributed by atoms with Crippen LogP contribution in [0.3, 0.4) is 0 Å². The van der Waals surface area contributed by atoms with Gasteiger partial charge in [-0.3, -0.25) is 9.59 Å². The van der Waals surface area contributed by atoms with Crippen molar-refractivity contribution in [1.29, 1.82) is 0 Å². The Morgan fingerprint density at radius 3 is 1.66 bits per heavy atom. The topological polar surface area (TPSA) is 146 Å². The molecule has 0 saturated carbocycles. The van der Waals surface area contributed by atoms with Gasteiger partial charge in [-0.1, -0.05) is 0 Å². The van der Waals surface area contributed by atoms with Gasteiger partial charge in [0.15, 0.2) is 0 Å². The lowest BCUT2D eigenvalue weighted by atomic mass is 10.2. The molecule has 0 aliphatic carbocycles. The van der Waals surface area contributed by atoms with Crippen LogP contribution < -0.4 is 16.0 Å². The molecule has 0 aromatic rings. The number of aliphatic carboxylic acids is 1. The van der Waals surface area contributed by atoms with E-state index in [0.717, 1.165) is 6.54 Å². The van der Waals surface area contributed by atoms with E-state index in [1.54, 1.807) is 48.5 Å². The number of hydrogen-bond donors (Lipinski definition) is 4. The number of carboxylic acids is 1. The summed E-state index contributed by atoms with van der Waals surface area (Å²) in [4.78, 5) is 46.1. The summed E-state index contributed by atoms with van der Waals surface area (Å²) in [7, 11) is 0. The number of hydrogen-bond acceptors (Lipinski definition) is 7. The number of alkyl carbamates (subject to hydrolysis) is 2. The minimum Gasteiger partial charge on any atom is -0.480 e. The quantitative estimate of drug-likeness (QED) is 0.400. The Balaban J connectivity index is 0. The molecule has 0 spiro atoms. The first kappa shape index (κ1) is 37.7. The normalized spacial score (nSPS) is 20.2. The van der Waals surface area contributed by atoms with Gasteiger partial charge in [-0.05, 0) is 74.8 Å². The molecular formula is C24H45ClF2N4O7. The monoisotopic (exact) mass is 574 g/mol. The summed E-state index contributed by atoms with van der Waals surface area (Å²) in [6, 6.07) is -1.64. The van der Waals surface area contributed by atoms with Gasteiger partial charge in [-0.15, -0.1) is 12.4 Å². The molecule has 0 radical (unpaired) electrons. The van der Waals surface area contributed by atoms with Crippen molar-refractivity contribution in [2.24, 2.45) is 0 Å². The zero-order chi connectivity index (χ0) is 29.0. The highest BCUT2D eigenvalue weighted by atomic mass is 35.5. The van der Waals surface area contributed by atoms with Crippen LogP contribution in [0.2, 0.25) is 0 Å². The van der Waals surface area contributed by atoms with Crippen molar-refractivity contribution >= 4 is 36.5 Å². The minimum absolute atomic E-state index is 0. The highest BCUT2D eigenvalue weighted by Gasteiger charge is 2.30. The predicted molar refractivity (Wildman–Crippen MR) is 141 cm³/mol. The van der Waals surface area contributed by atoms with Crippen molar-refractivity contribution < 1.29 is 42.5 Å². The molecule has 2 saturated heterocycles. The average Bonchev–Trinajstić information content (AvgIpc) is 3.36. The Hall–Kier alpha value is -2.41. The second kappa shape index (κ2) is 17.2. The zero-order valence-electron chi connectivity index (χ0n) is 23.6. The number of carbonyl (C=O) groups excluding carboxylic acids is 3. The molecular weight excluding hydrogens is 530 g/mol. The summed E-state index contributed by atoms with van der Waals surface area (Å²) in [5.74, 6) is -1.37. The summed E-state index contributed by atoms with van der Waals surface area (Å²) in [6.45, 7) is 15.2. The number of rotatable bonds is 4. The lowest BCUT2D eigenvalue weighted by Crippen LogP contribution is -2.47. The van der Waals surface area contributed by atoms with E-state index in [-0.39, 0.29) is 24.9 Å². The van der Waals surface area contributed by atoms with Gasteiger partial charge in [0, 0.05) is 13.1 Å². The minimum atomic E-state index is -1.09. The van der Waals surface area contributed by atoms with Crippen molar-refractivity contribution in [3.8, 4) is 0 Å². The molecule has 2 heterocycles. The molecule has 2 rings (SSSR count). The first-order chi connectivity index (χ1) is 16.8. The van der Waals surface area contributed by atoms with E-state index in [1.165, 1.54) is 11.8 Å². The molecule has 4 atom stereocenters.